The Morgan fingerprint density at radius 3 is 2.55 bits per heavy atom. The Bertz CT molecular complexity index is 801. The topological polar surface area (TPSA) is 56.8 Å². The number of rotatable bonds is 13. The van der Waals surface area contributed by atoms with Crippen molar-refractivity contribution in [3.63, 3.8) is 0 Å². The van der Waals surface area contributed by atoms with E-state index in [1.165, 1.54) is 12.8 Å². The summed E-state index contributed by atoms with van der Waals surface area (Å²) in [6, 6.07) is 16.3. The predicted octanol–water partition coefficient (Wildman–Crippen LogP) is 4.81. The SMILES string of the molecule is CCOCCOCc1cccc(CNC(=O)CCc2cccc(OC3CCCC3)c2)c1. The van der Waals surface area contributed by atoms with Gasteiger partial charge in [-0.15, -0.1) is 0 Å². The molecule has 5 heteroatoms. The van der Waals surface area contributed by atoms with Gasteiger partial charge in [0.25, 0.3) is 0 Å². The third-order valence-electron chi connectivity index (χ3n) is 5.47. The molecule has 1 amide bonds. The van der Waals surface area contributed by atoms with Crippen LogP contribution >= 0.6 is 0 Å². The van der Waals surface area contributed by atoms with Crippen LogP contribution in [-0.4, -0.2) is 31.8 Å². The Labute approximate surface area is 186 Å². The first kappa shape index (κ1) is 23.3. The Balaban J connectivity index is 1.38. The summed E-state index contributed by atoms with van der Waals surface area (Å²) in [6.07, 6.45) is 6.34. The molecule has 2 aromatic carbocycles. The number of ether oxygens (including phenoxy) is 3. The molecule has 1 N–H and O–H groups in total. The third-order valence-corrected chi connectivity index (χ3v) is 5.47. The van der Waals surface area contributed by atoms with Crippen LogP contribution in [0.5, 0.6) is 5.75 Å². The quantitative estimate of drug-likeness (QED) is 0.468. The van der Waals surface area contributed by atoms with Gasteiger partial charge in [-0.1, -0.05) is 36.4 Å². The van der Waals surface area contributed by atoms with Gasteiger partial charge in [-0.05, 0) is 67.9 Å². The van der Waals surface area contributed by atoms with Gasteiger partial charge in [-0.25, -0.2) is 0 Å². The Hall–Kier alpha value is -2.37. The fourth-order valence-corrected chi connectivity index (χ4v) is 3.80. The number of aryl methyl sites for hydroxylation is 1. The van der Waals surface area contributed by atoms with Crippen LogP contribution in [0.2, 0.25) is 0 Å². The minimum absolute atomic E-state index is 0.0560. The molecule has 5 nitrogen and oxygen atoms in total. The van der Waals surface area contributed by atoms with Crippen LogP contribution in [0.4, 0.5) is 0 Å². The van der Waals surface area contributed by atoms with E-state index in [0.29, 0.717) is 51.9 Å². The lowest BCUT2D eigenvalue weighted by atomic mass is 10.1. The van der Waals surface area contributed by atoms with Crippen LogP contribution in [0, 0.1) is 0 Å². The average Bonchev–Trinajstić information content (AvgIpc) is 3.30. The summed E-state index contributed by atoms with van der Waals surface area (Å²) < 4.78 is 17.0. The van der Waals surface area contributed by atoms with Crippen LogP contribution in [0.1, 0.15) is 55.7 Å². The second kappa shape index (κ2) is 13.1. The molecular weight excluding hydrogens is 390 g/mol. The summed E-state index contributed by atoms with van der Waals surface area (Å²) in [6.45, 7) is 4.95. The summed E-state index contributed by atoms with van der Waals surface area (Å²) in [7, 11) is 0. The van der Waals surface area contributed by atoms with Crippen LogP contribution in [-0.2, 0) is 33.8 Å². The Kier molecular flexibility index (Phi) is 9.87. The van der Waals surface area contributed by atoms with Crippen LogP contribution in [0.15, 0.2) is 48.5 Å². The van der Waals surface area contributed by atoms with Gasteiger partial charge in [0, 0.05) is 19.6 Å². The van der Waals surface area contributed by atoms with Gasteiger partial charge < -0.3 is 19.5 Å². The minimum atomic E-state index is 0.0560. The number of nitrogens with one attached hydrogen (secondary N) is 1. The summed E-state index contributed by atoms with van der Waals surface area (Å²) in [5, 5.41) is 3.02. The summed E-state index contributed by atoms with van der Waals surface area (Å²) >= 11 is 0. The second-order valence-corrected chi connectivity index (χ2v) is 8.02. The average molecular weight is 426 g/mol. The highest BCUT2D eigenvalue weighted by molar-refractivity contribution is 5.76. The molecule has 2 aromatic rings. The fourth-order valence-electron chi connectivity index (χ4n) is 3.80. The van der Waals surface area contributed by atoms with E-state index in [2.05, 4.69) is 23.5 Å². The third kappa shape index (κ3) is 8.72. The zero-order valence-electron chi connectivity index (χ0n) is 18.6. The van der Waals surface area contributed by atoms with Gasteiger partial charge in [0.2, 0.25) is 5.91 Å². The normalized spacial score (nSPS) is 14.0. The van der Waals surface area contributed by atoms with Crippen molar-refractivity contribution >= 4 is 5.91 Å². The first-order chi connectivity index (χ1) is 15.2. The maximum Gasteiger partial charge on any atom is 0.220 e. The number of hydrogen-bond donors (Lipinski definition) is 1. The molecule has 168 valence electrons. The van der Waals surface area contributed by atoms with Gasteiger partial charge in [0.15, 0.2) is 0 Å². The van der Waals surface area contributed by atoms with Gasteiger partial charge in [-0.2, -0.15) is 0 Å². The smallest absolute Gasteiger partial charge is 0.220 e. The molecule has 0 saturated heterocycles. The molecule has 0 heterocycles. The summed E-state index contributed by atoms with van der Waals surface area (Å²) in [4.78, 5) is 12.3. The first-order valence-electron chi connectivity index (χ1n) is 11.5. The largest absolute Gasteiger partial charge is 0.490 e. The highest BCUT2D eigenvalue weighted by atomic mass is 16.5. The molecule has 0 unspecified atom stereocenters. The molecule has 0 radical (unpaired) electrons. The monoisotopic (exact) mass is 425 g/mol. The van der Waals surface area contributed by atoms with Crippen molar-refractivity contribution in [3.8, 4) is 5.75 Å². The zero-order valence-corrected chi connectivity index (χ0v) is 18.6. The van der Waals surface area contributed by atoms with Crippen LogP contribution < -0.4 is 10.1 Å². The van der Waals surface area contributed by atoms with Crippen molar-refractivity contribution in [3.05, 3.63) is 65.2 Å². The van der Waals surface area contributed by atoms with Crippen molar-refractivity contribution < 1.29 is 19.0 Å². The lowest BCUT2D eigenvalue weighted by molar-refractivity contribution is -0.121. The van der Waals surface area contributed by atoms with Crippen molar-refractivity contribution in [1.29, 1.82) is 0 Å². The molecule has 1 aliphatic rings. The van der Waals surface area contributed by atoms with Gasteiger partial charge in [0.05, 0.1) is 25.9 Å². The maximum absolute atomic E-state index is 12.3. The first-order valence-corrected chi connectivity index (χ1v) is 11.5. The van der Waals surface area contributed by atoms with E-state index in [1.54, 1.807) is 0 Å². The molecular formula is C26H35NO4. The standard InChI is InChI=1S/C26H35NO4/c1-2-29-15-16-30-20-23-9-5-8-22(17-23)19-27-26(28)14-13-21-7-6-12-25(18-21)31-24-10-3-4-11-24/h5-9,12,17-18,24H,2-4,10-11,13-16,19-20H2,1H3,(H,27,28). The number of carbonyl (C=O) groups is 1. The van der Waals surface area contributed by atoms with Crippen molar-refractivity contribution in [1.82, 2.24) is 5.32 Å². The number of amides is 1. The van der Waals surface area contributed by atoms with E-state index in [1.807, 2.05) is 37.3 Å². The van der Waals surface area contributed by atoms with E-state index in [4.69, 9.17) is 14.2 Å². The van der Waals surface area contributed by atoms with Crippen LogP contribution in [0.3, 0.4) is 0 Å². The van der Waals surface area contributed by atoms with E-state index in [9.17, 15) is 4.79 Å². The number of benzene rings is 2. The van der Waals surface area contributed by atoms with E-state index < -0.39 is 0 Å². The van der Waals surface area contributed by atoms with Gasteiger partial charge >= 0.3 is 0 Å². The van der Waals surface area contributed by atoms with E-state index in [0.717, 1.165) is 35.3 Å². The van der Waals surface area contributed by atoms with Gasteiger partial charge in [-0.3, -0.25) is 4.79 Å². The maximum atomic E-state index is 12.3. The fraction of sp³-hybridized carbons (Fsp3) is 0.500. The zero-order chi connectivity index (χ0) is 21.7. The summed E-state index contributed by atoms with van der Waals surface area (Å²) in [5.41, 5.74) is 3.31. The van der Waals surface area contributed by atoms with Crippen molar-refractivity contribution in [2.24, 2.45) is 0 Å². The molecule has 1 saturated carbocycles. The number of hydrogen-bond acceptors (Lipinski definition) is 4. The number of carbonyl (C=O) groups excluding carboxylic acids is 1. The Morgan fingerprint density at radius 1 is 0.968 bits per heavy atom. The second-order valence-electron chi connectivity index (χ2n) is 8.02. The highest BCUT2D eigenvalue weighted by Crippen LogP contribution is 2.24. The highest BCUT2D eigenvalue weighted by Gasteiger charge is 2.16. The molecule has 31 heavy (non-hydrogen) atoms. The minimum Gasteiger partial charge on any atom is -0.490 e. The van der Waals surface area contributed by atoms with Crippen molar-refractivity contribution in [2.75, 3.05) is 19.8 Å². The summed E-state index contributed by atoms with van der Waals surface area (Å²) in [5.74, 6) is 0.977. The lowest BCUT2D eigenvalue weighted by Crippen LogP contribution is -2.23. The van der Waals surface area contributed by atoms with Crippen LogP contribution in [0.25, 0.3) is 0 Å². The van der Waals surface area contributed by atoms with E-state index >= 15 is 0 Å². The molecule has 0 aromatic heterocycles. The molecule has 0 aliphatic heterocycles. The molecule has 0 spiro atoms. The molecule has 1 fully saturated rings. The van der Waals surface area contributed by atoms with E-state index in [-0.39, 0.29) is 5.91 Å². The molecule has 1 aliphatic carbocycles. The van der Waals surface area contributed by atoms with Crippen molar-refractivity contribution in [2.45, 2.75) is 64.7 Å². The van der Waals surface area contributed by atoms with Gasteiger partial charge in [0.1, 0.15) is 5.75 Å². The predicted molar refractivity (Wildman–Crippen MR) is 122 cm³/mol. The lowest BCUT2D eigenvalue weighted by Gasteiger charge is -2.14. The molecule has 3 rings (SSSR count). The molecule has 0 bridgehead atoms. The Morgan fingerprint density at radius 2 is 1.71 bits per heavy atom. The molecule has 0 atom stereocenters.